The van der Waals surface area contributed by atoms with Gasteiger partial charge in [-0.3, -0.25) is 4.79 Å². The fourth-order valence-corrected chi connectivity index (χ4v) is 3.34. The molecule has 0 aromatic heterocycles. The fourth-order valence-electron chi connectivity index (χ4n) is 2.36. The Kier molecular flexibility index (Phi) is 4.24. The van der Waals surface area contributed by atoms with E-state index in [9.17, 15) is 13.2 Å². The highest BCUT2D eigenvalue weighted by Crippen LogP contribution is 2.17. The third-order valence-electron chi connectivity index (χ3n) is 3.57. The van der Waals surface area contributed by atoms with Gasteiger partial charge in [0.25, 0.3) is 0 Å². The summed E-state index contributed by atoms with van der Waals surface area (Å²) in [4.78, 5) is 13.7. The summed E-state index contributed by atoms with van der Waals surface area (Å²) < 4.78 is 22.9. The van der Waals surface area contributed by atoms with E-state index in [2.05, 4.69) is 0 Å². The van der Waals surface area contributed by atoms with Crippen molar-refractivity contribution in [3.63, 3.8) is 0 Å². The van der Waals surface area contributed by atoms with Crippen LogP contribution in [-0.4, -0.2) is 43.8 Å². The number of rotatable bonds is 4. The predicted octanol–water partition coefficient (Wildman–Crippen LogP) is 1.26. The Morgan fingerprint density at radius 3 is 2.58 bits per heavy atom. The number of hydrogen-bond acceptors (Lipinski definition) is 3. The molecule has 1 amide bonds. The largest absolute Gasteiger partial charge is 0.341 e. The van der Waals surface area contributed by atoms with Crippen LogP contribution in [0.25, 0.3) is 0 Å². The van der Waals surface area contributed by atoms with Crippen LogP contribution < -0.4 is 0 Å². The van der Waals surface area contributed by atoms with Crippen molar-refractivity contribution in [3.05, 3.63) is 35.9 Å². The van der Waals surface area contributed by atoms with Crippen molar-refractivity contribution in [2.45, 2.75) is 24.5 Å². The van der Waals surface area contributed by atoms with Crippen LogP contribution in [0.5, 0.6) is 0 Å². The van der Waals surface area contributed by atoms with Crippen LogP contribution in [0.15, 0.2) is 30.3 Å². The van der Waals surface area contributed by atoms with E-state index in [4.69, 9.17) is 0 Å². The van der Waals surface area contributed by atoms with Gasteiger partial charge in [-0.25, -0.2) is 8.42 Å². The summed E-state index contributed by atoms with van der Waals surface area (Å²) in [6.07, 6.45) is 2.96. The van der Waals surface area contributed by atoms with Gasteiger partial charge in [-0.05, 0) is 18.4 Å². The number of nitrogens with zero attached hydrogens (tertiary/aromatic N) is 1. The Morgan fingerprint density at radius 2 is 2.00 bits per heavy atom. The number of amides is 1. The first-order valence-corrected chi connectivity index (χ1v) is 8.43. The summed E-state index contributed by atoms with van der Waals surface area (Å²) in [6, 6.07) is 9.85. The molecule has 0 unspecified atom stereocenters. The SMILES string of the molecule is CS(=O)(=O)[C@H]1CCN(C(=O)CCc2ccccc2)C1. The van der Waals surface area contributed by atoms with Gasteiger partial charge in [-0.2, -0.15) is 0 Å². The Bertz CT molecular complexity index is 539. The molecule has 4 nitrogen and oxygen atoms in total. The molecule has 0 N–H and O–H groups in total. The maximum atomic E-state index is 12.0. The molecule has 2 rings (SSSR count). The summed E-state index contributed by atoms with van der Waals surface area (Å²) >= 11 is 0. The van der Waals surface area contributed by atoms with Gasteiger partial charge in [-0.1, -0.05) is 30.3 Å². The number of sulfone groups is 1. The standard InChI is InChI=1S/C14H19NO3S/c1-19(17,18)13-9-10-15(11-13)14(16)8-7-12-5-3-2-4-6-12/h2-6,13H,7-11H2,1H3/t13-/m0/s1. The maximum Gasteiger partial charge on any atom is 0.222 e. The number of aryl methyl sites for hydroxylation is 1. The molecule has 19 heavy (non-hydrogen) atoms. The first-order valence-electron chi connectivity index (χ1n) is 6.47. The first kappa shape index (κ1) is 14.1. The van der Waals surface area contributed by atoms with Crippen LogP contribution in [0.3, 0.4) is 0 Å². The van der Waals surface area contributed by atoms with Crippen molar-refractivity contribution in [2.75, 3.05) is 19.3 Å². The molecule has 0 aliphatic carbocycles. The number of likely N-dealkylation sites (tertiary alicyclic amines) is 1. The Balaban J connectivity index is 1.85. The monoisotopic (exact) mass is 281 g/mol. The zero-order valence-corrected chi connectivity index (χ0v) is 11.9. The van der Waals surface area contributed by atoms with Gasteiger partial charge in [0.1, 0.15) is 0 Å². The zero-order valence-electron chi connectivity index (χ0n) is 11.1. The average Bonchev–Trinajstić information content (AvgIpc) is 2.87. The van der Waals surface area contributed by atoms with Gasteiger partial charge in [0.15, 0.2) is 9.84 Å². The smallest absolute Gasteiger partial charge is 0.222 e. The van der Waals surface area contributed by atoms with Crippen molar-refractivity contribution >= 4 is 15.7 Å². The zero-order chi connectivity index (χ0) is 13.9. The third kappa shape index (κ3) is 3.80. The van der Waals surface area contributed by atoms with E-state index in [0.717, 1.165) is 5.56 Å². The van der Waals surface area contributed by atoms with Crippen LogP contribution in [0.1, 0.15) is 18.4 Å². The quantitative estimate of drug-likeness (QED) is 0.835. The fraction of sp³-hybridized carbons (Fsp3) is 0.500. The average molecular weight is 281 g/mol. The summed E-state index contributed by atoms with van der Waals surface area (Å²) in [5, 5.41) is -0.381. The highest BCUT2D eigenvalue weighted by Gasteiger charge is 2.32. The molecule has 1 aliphatic rings. The summed E-state index contributed by atoms with van der Waals surface area (Å²) in [6.45, 7) is 0.915. The molecule has 104 valence electrons. The molecule has 0 saturated carbocycles. The second-order valence-corrected chi connectivity index (χ2v) is 7.39. The van der Waals surface area contributed by atoms with Gasteiger partial charge in [0.05, 0.1) is 5.25 Å². The van der Waals surface area contributed by atoms with E-state index < -0.39 is 9.84 Å². The molecule has 1 fully saturated rings. The minimum absolute atomic E-state index is 0.0509. The van der Waals surface area contributed by atoms with Crippen LogP contribution >= 0.6 is 0 Å². The molecule has 1 saturated heterocycles. The number of carbonyl (C=O) groups is 1. The Labute approximate surface area is 114 Å². The molecule has 1 heterocycles. The molecule has 0 radical (unpaired) electrons. The van der Waals surface area contributed by atoms with Crippen LogP contribution in [0.2, 0.25) is 0 Å². The number of carbonyl (C=O) groups excluding carboxylic acids is 1. The van der Waals surface area contributed by atoms with Crippen molar-refractivity contribution < 1.29 is 13.2 Å². The second kappa shape index (κ2) is 5.74. The van der Waals surface area contributed by atoms with E-state index in [-0.39, 0.29) is 11.2 Å². The van der Waals surface area contributed by atoms with Crippen molar-refractivity contribution in [2.24, 2.45) is 0 Å². The van der Waals surface area contributed by atoms with Crippen molar-refractivity contribution in [3.8, 4) is 0 Å². The summed E-state index contributed by atoms with van der Waals surface area (Å²) in [5.74, 6) is 0.0509. The van der Waals surface area contributed by atoms with E-state index >= 15 is 0 Å². The molecule has 1 atom stereocenters. The van der Waals surface area contributed by atoms with E-state index in [1.165, 1.54) is 6.26 Å². The normalized spacial score (nSPS) is 19.6. The van der Waals surface area contributed by atoms with Crippen molar-refractivity contribution in [1.82, 2.24) is 4.90 Å². The van der Waals surface area contributed by atoms with Crippen LogP contribution in [-0.2, 0) is 21.1 Å². The Morgan fingerprint density at radius 1 is 1.32 bits per heavy atom. The number of hydrogen-bond donors (Lipinski definition) is 0. The van der Waals surface area contributed by atoms with Gasteiger partial charge in [0.2, 0.25) is 5.91 Å². The molecule has 1 aromatic carbocycles. The molecule has 5 heteroatoms. The predicted molar refractivity (Wildman–Crippen MR) is 74.6 cm³/mol. The molecular weight excluding hydrogens is 262 g/mol. The number of benzene rings is 1. The van der Waals surface area contributed by atoms with Crippen LogP contribution in [0, 0.1) is 0 Å². The van der Waals surface area contributed by atoms with Gasteiger partial charge >= 0.3 is 0 Å². The lowest BCUT2D eigenvalue weighted by molar-refractivity contribution is -0.130. The topological polar surface area (TPSA) is 54.5 Å². The molecule has 0 bridgehead atoms. The molecule has 1 aliphatic heterocycles. The van der Waals surface area contributed by atoms with E-state index in [1.807, 2.05) is 30.3 Å². The minimum atomic E-state index is -3.03. The van der Waals surface area contributed by atoms with Gasteiger partial charge < -0.3 is 4.90 Å². The summed E-state index contributed by atoms with van der Waals surface area (Å²) in [5.41, 5.74) is 1.13. The highest BCUT2D eigenvalue weighted by atomic mass is 32.2. The first-order chi connectivity index (χ1) is 8.97. The van der Waals surface area contributed by atoms with E-state index in [0.29, 0.717) is 32.4 Å². The molecular formula is C14H19NO3S. The highest BCUT2D eigenvalue weighted by molar-refractivity contribution is 7.91. The lowest BCUT2D eigenvalue weighted by atomic mass is 10.1. The van der Waals surface area contributed by atoms with E-state index in [1.54, 1.807) is 4.90 Å². The Hall–Kier alpha value is -1.36. The van der Waals surface area contributed by atoms with Crippen molar-refractivity contribution in [1.29, 1.82) is 0 Å². The van der Waals surface area contributed by atoms with Gasteiger partial charge in [-0.15, -0.1) is 0 Å². The van der Waals surface area contributed by atoms with Gasteiger partial charge in [0, 0.05) is 25.8 Å². The third-order valence-corrected chi connectivity index (χ3v) is 5.17. The summed E-state index contributed by atoms with van der Waals surface area (Å²) in [7, 11) is -3.03. The molecule has 1 aromatic rings. The van der Waals surface area contributed by atoms with Crippen LogP contribution in [0.4, 0.5) is 0 Å². The lowest BCUT2D eigenvalue weighted by Gasteiger charge is -2.16. The maximum absolute atomic E-state index is 12.0. The second-order valence-electron chi connectivity index (χ2n) is 5.07. The molecule has 0 spiro atoms. The minimum Gasteiger partial charge on any atom is -0.341 e. The lowest BCUT2D eigenvalue weighted by Crippen LogP contribution is -2.31.